The molecule has 2 fully saturated rings. The average molecular weight is 197 g/mol. The Hall–Kier alpha value is -0.0800. The van der Waals surface area contributed by atoms with Crippen LogP contribution in [0.15, 0.2) is 0 Å². The number of likely N-dealkylation sites (tertiary alicyclic amines) is 1. The predicted octanol–water partition coefficient (Wildman–Crippen LogP) is 2.64. The van der Waals surface area contributed by atoms with Crippen LogP contribution in [0.1, 0.15) is 46.0 Å². The molecule has 1 aliphatic heterocycles. The number of rotatable bonds is 3. The molecule has 2 nitrogen and oxygen atoms in total. The van der Waals surface area contributed by atoms with Gasteiger partial charge in [0.25, 0.3) is 0 Å². The molecular formula is C12H23NO. The quantitative estimate of drug-likeness (QED) is 0.689. The summed E-state index contributed by atoms with van der Waals surface area (Å²) in [6, 6.07) is 0. The zero-order chi connectivity index (χ0) is 10.0. The van der Waals surface area contributed by atoms with E-state index in [0.29, 0.717) is 11.6 Å². The predicted molar refractivity (Wildman–Crippen MR) is 58.2 cm³/mol. The van der Waals surface area contributed by atoms with Crippen LogP contribution in [0.4, 0.5) is 0 Å². The molecule has 2 rings (SSSR count). The van der Waals surface area contributed by atoms with Crippen LogP contribution in [0, 0.1) is 5.41 Å². The van der Waals surface area contributed by atoms with Gasteiger partial charge in [-0.1, -0.05) is 6.42 Å². The molecule has 1 atom stereocenters. The first-order valence-corrected chi connectivity index (χ1v) is 6.11. The van der Waals surface area contributed by atoms with Crippen LogP contribution >= 0.6 is 0 Å². The standard InChI is InChI=1S/C12H23NO/c1-3-14-11(2)13-9-5-4-6-12(10-13)7-8-12/h11H,3-10H2,1-2H3. The van der Waals surface area contributed by atoms with Gasteiger partial charge < -0.3 is 4.74 Å². The van der Waals surface area contributed by atoms with Gasteiger partial charge in [0.2, 0.25) is 0 Å². The molecule has 0 aromatic heterocycles. The minimum Gasteiger partial charge on any atom is -0.364 e. The summed E-state index contributed by atoms with van der Waals surface area (Å²) in [4.78, 5) is 2.55. The highest BCUT2D eigenvalue weighted by atomic mass is 16.5. The van der Waals surface area contributed by atoms with E-state index in [2.05, 4.69) is 18.7 Å². The number of ether oxygens (including phenoxy) is 1. The van der Waals surface area contributed by atoms with Crippen LogP contribution in [-0.2, 0) is 4.74 Å². The zero-order valence-electron chi connectivity index (χ0n) is 9.59. The van der Waals surface area contributed by atoms with E-state index in [4.69, 9.17) is 4.74 Å². The summed E-state index contributed by atoms with van der Waals surface area (Å²) in [5, 5.41) is 0. The Morgan fingerprint density at radius 3 is 2.71 bits per heavy atom. The van der Waals surface area contributed by atoms with E-state index in [0.717, 1.165) is 6.61 Å². The van der Waals surface area contributed by atoms with Crippen LogP contribution in [-0.4, -0.2) is 30.8 Å². The van der Waals surface area contributed by atoms with Crippen molar-refractivity contribution in [2.45, 2.75) is 52.2 Å². The van der Waals surface area contributed by atoms with E-state index in [9.17, 15) is 0 Å². The first kappa shape index (κ1) is 10.4. The Labute approximate surface area is 87.6 Å². The van der Waals surface area contributed by atoms with Gasteiger partial charge >= 0.3 is 0 Å². The Morgan fingerprint density at radius 2 is 2.07 bits per heavy atom. The van der Waals surface area contributed by atoms with Gasteiger partial charge in [-0.3, -0.25) is 4.90 Å². The Balaban J connectivity index is 1.90. The van der Waals surface area contributed by atoms with Gasteiger partial charge in [-0.2, -0.15) is 0 Å². The lowest BCUT2D eigenvalue weighted by atomic mass is 10.0. The minimum atomic E-state index is 0.329. The molecule has 0 bridgehead atoms. The van der Waals surface area contributed by atoms with Gasteiger partial charge in [0.15, 0.2) is 0 Å². The molecular weight excluding hydrogens is 174 g/mol. The summed E-state index contributed by atoms with van der Waals surface area (Å²) < 4.78 is 5.68. The molecule has 1 saturated heterocycles. The van der Waals surface area contributed by atoms with Crippen molar-refractivity contribution in [3.8, 4) is 0 Å². The molecule has 1 heterocycles. The molecule has 1 aliphatic carbocycles. The molecule has 1 unspecified atom stereocenters. The molecule has 0 N–H and O–H groups in total. The molecule has 0 amide bonds. The second kappa shape index (κ2) is 4.19. The van der Waals surface area contributed by atoms with Gasteiger partial charge in [-0.05, 0) is 44.9 Å². The second-order valence-corrected chi connectivity index (χ2v) is 4.98. The van der Waals surface area contributed by atoms with E-state index in [1.165, 1.54) is 45.2 Å². The van der Waals surface area contributed by atoms with Crippen molar-refractivity contribution >= 4 is 0 Å². The van der Waals surface area contributed by atoms with Crippen LogP contribution in [0.3, 0.4) is 0 Å². The summed E-state index contributed by atoms with van der Waals surface area (Å²) in [7, 11) is 0. The van der Waals surface area contributed by atoms with E-state index < -0.39 is 0 Å². The SMILES string of the molecule is CCOC(C)N1CCCCC2(CC2)C1. The Kier molecular flexibility index (Phi) is 3.13. The molecule has 0 aromatic rings. The molecule has 1 spiro atoms. The number of nitrogens with zero attached hydrogens (tertiary/aromatic N) is 1. The Bertz CT molecular complexity index is 189. The van der Waals surface area contributed by atoms with Crippen LogP contribution in [0.25, 0.3) is 0 Å². The fourth-order valence-corrected chi connectivity index (χ4v) is 2.65. The van der Waals surface area contributed by atoms with Gasteiger partial charge in [-0.15, -0.1) is 0 Å². The molecule has 2 heteroatoms. The highest BCUT2D eigenvalue weighted by Crippen LogP contribution is 2.51. The molecule has 1 saturated carbocycles. The van der Waals surface area contributed by atoms with Crippen molar-refractivity contribution < 1.29 is 4.74 Å². The first-order valence-electron chi connectivity index (χ1n) is 6.11. The average Bonchev–Trinajstić information content (AvgIpc) is 2.95. The fraction of sp³-hybridized carbons (Fsp3) is 1.00. The monoisotopic (exact) mass is 197 g/mol. The summed E-state index contributed by atoms with van der Waals surface area (Å²) in [6.07, 6.45) is 7.50. The van der Waals surface area contributed by atoms with Crippen molar-refractivity contribution in [1.82, 2.24) is 4.90 Å². The molecule has 14 heavy (non-hydrogen) atoms. The van der Waals surface area contributed by atoms with Gasteiger partial charge in [0, 0.05) is 19.7 Å². The molecule has 2 aliphatic rings. The van der Waals surface area contributed by atoms with Crippen LogP contribution < -0.4 is 0 Å². The Morgan fingerprint density at radius 1 is 1.29 bits per heavy atom. The third kappa shape index (κ3) is 2.29. The van der Waals surface area contributed by atoms with E-state index >= 15 is 0 Å². The lowest BCUT2D eigenvalue weighted by Gasteiger charge is -2.29. The number of hydrogen-bond donors (Lipinski definition) is 0. The smallest absolute Gasteiger partial charge is 0.107 e. The van der Waals surface area contributed by atoms with E-state index in [-0.39, 0.29) is 0 Å². The fourth-order valence-electron chi connectivity index (χ4n) is 2.65. The summed E-state index contributed by atoms with van der Waals surface area (Å²) in [6.45, 7) is 7.65. The third-order valence-corrected chi connectivity index (χ3v) is 3.82. The molecule has 0 radical (unpaired) electrons. The maximum Gasteiger partial charge on any atom is 0.107 e. The maximum absolute atomic E-state index is 5.68. The lowest BCUT2D eigenvalue weighted by Crippen LogP contribution is -2.38. The summed E-state index contributed by atoms with van der Waals surface area (Å²) in [5.74, 6) is 0. The first-order chi connectivity index (χ1) is 6.76. The maximum atomic E-state index is 5.68. The van der Waals surface area contributed by atoms with Crippen molar-refractivity contribution in [3.63, 3.8) is 0 Å². The summed E-state index contributed by atoms with van der Waals surface area (Å²) in [5.41, 5.74) is 0.710. The van der Waals surface area contributed by atoms with Gasteiger partial charge in [-0.25, -0.2) is 0 Å². The highest BCUT2D eigenvalue weighted by molar-refractivity contribution is 4.96. The van der Waals surface area contributed by atoms with Crippen molar-refractivity contribution in [2.24, 2.45) is 5.41 Å². The van der Waals surface area contributed by atoms with Crippen LogP contribution in [0.2, 0.25) is 0 Å². The molecule has 82 valence electrons. The van der Waals surface area contributed by atoms with Crippen molar-refractivity contribution in [2.75, 3.05) is 19.7 Å². The van der Waals surface area contributed by atoms with Crippen LogP contribution in [0.5, 0.6) is 0 Å². The summed E-state index contributed by atoms with van der Waals surface area (Å²) >= 11 is 0. The van der Waals surface area contributed by atoms with Gasteiger partial charge in [0.05, 0.1) is 0 Å². The van der Waals surface area contributed by atoms with Gasteiger partial charge in [0.1, 0.15) is 6.23 Å². The lowest BCUT2D eigenvalue weighted by molar-refractivity contribution is -0.0472. The van der Waals surface area contributed by atoms with E-state index in [1.807, 2.05) is 0 Å². The second-order valence-electron chi connectivity index (χ2n) is 4.98. The normalized spacial score (nSPS) is 28.7. The highest BCUT2D eigenvalue weighted by Gasteiger charge is 2.44. The van der Waals surface area contributed by atoms with Crippen molar-refractivity contribution in [3.05, 3.63) is 0 Å². The van der Waals surface area contributed by atoms with E-state index in [1.54, 1.807) is 0 Å². The largest absolute Gasteiger partial charge is 0.364 e. The number of hydrogen-bond acceptors (Lipinski definition) is 2. The van der Waals surface area contributed by atoms with Crippen molar-refractivity contribution in [1.29, 1.82) is 0 Å². The zero-order valence-corrected chi connectivity index (χ0v) is 9.59. The molecule has 0 aromatic carbocycles. The topological polar surface area (TPSA) is 12.5 Å². The minimum absolute atomic E-state index is 0.329. The third-order valence-electron chi connectivity index (χ3n) is 3.82.